The van der Waals surface area contributed by atoms with E-state index in [-0.39, 0.29) is 5.41 Å². The van der Waals surface area contributed by atoms with E-state index in [1.807, 2.05) is 6.92 Å². The molecule has 0 spiro atoms. The van der Waals surface area contributed by atoms with Gasteiger partial charge in [-0.1, -0.05) is 25.9 Å². The van der Waals surface area contributed by atoms with Crippen molar-refractivity contribution in [2.75, 3.05) is 10.7 Å². The number of anilines is 2. The molecular formula is C13H20N6O. The van der Waals surface area contributed by atoms with E-state index >= 15 is 0 Å². The molecule has 7 nitrogen and oxygen atoms in total. The summed E-state index contributed by atoms with van der Waals surface area (Å²) in [4.78, 5) is 9.02. The molecule has 2 heterocycles. The summed E-state index contributed by atoms with van der Waals surface area (Å²) in [7, 11) is 0. The number of aromatic nitrogens is 3. The fourth-order valence-electron chi connectivity index (χ4n) is 1.67. The molecule has 0 aliphatic heterocycles. The van der Waals surface area contributed by atoms with Crippen molar-refractivity contribution < 1.29 is 4.52 Å². The Morgan fingerprint density at radius 3 is 2.50 bits per heavy atom. The molecule has 0 aromatic carbocycles. The van der Waals surface area contributed by atoms with Crippen molar-refractivity contribution in [1.82, 2.24) is 15.1 Å². The van der Waals surface area contributed by atoms with Crippen LogP contribution in [0.2, 0.25) is 0 Å². The lowest BCUT2D eigenvalue weighted by Gasteiger charge is -2.20. The zero-order chi connectivity index (χ0) is 14.8. The van der Waals surface area contributed by atoms with Gasteiger partial charge in [-0.05, 0) is 6.92 Å². The summed E-state index contributed by atoms with van der Waals surface area (Å²) in [6.07, 6.45) is 1.61. The first-order valence-corrected chi connectivity index (χ1v) is 6.41. The predicted molar refractivity (Wildman–Crippen MR) is 77.1 cm³/mol. The second-order valence-electron chi connectivity index (χ2n) is 5.60. The van der Waals surface area contributed by atoms with Crippen molar-refractivity contribution in [2.45, 2.75) is 39.7 Å². The highest BCUT2D eigenvalue weighted by Crippen LogP contribution is 2.26. The van der Waals surface area contributed by atoms with Gasteiger partial charge < -0.3 is 15.3 Å². The first kappa shape index (κ1) is 14.3. The minimum Gasteiger partial charge on any atom is -0.362 e. The zero-order valence-electron chi connectivity index (χ0n) is 12.2. The van der Waals surface area contributed by atoms with E-state index in [0.29, 0.717) is 12.4 Å². The first-order valence-electron chi connectivity index (χ1n) is 6.41. The highest BCUT2D eigenvalue weighted by Gasteiger charge is 2.21. The first-order chi connectivity index (χ1) is 9.41. The molecule has 0 unspecified atom stereocenters. The van der Waals surface area contributed by atoms with Crippen LogP contribution in [-0.2, 0) is 12.0 Å². The maximum atomic E-state index is 5.53. The van der Waals surface area contributed by atoms with Crippen molar-refractivity contribution in [3.05, 3.63) is 29.4 Å². The van der Waals surface area contributed by atoms with Crippen LogP contribution < -0.4 is 16.6 Å². The number of hydrogen-bond acceptors (Lipinski definition) is 7. The Kier molecular flexibility index (Phi) is 3.89. The molecule has 108 valence electrons. The van der Waals surface area contributed by atoms with Gasteiger partial charge in [0.15, 0.2) is 5.76 Å². The van der Waals surface area contributed by atoms with Crippen LogP contribution in [0.5, 0.6) is 0 Å². The molecule has 0 amide bonds. The molecule has 0 saturated heterocycles. The van der Waals surface area contributed by atoms with Crippen LogP contribution in [0.1, 0.15) is 37.9 Å². The van der Waals surface area contributed by atoms with Gasteiger partial charge in [-0.2, -0.15) is 0 Å². The standard InChI is InChI=1S/C13H20N6O/c1-8-10(15-7-9-5-6-16-20-9)17-12(13(2,3)4)18-11(8)19-14/h5-6H,7,14H2,1-4H3,(H2,15,17,18,19). The Hall–Kier alpha value is -2.15. The lowest BCUT2D eigenvalue weighted by molar-refractivity contribution is 0.388. The van der Waals surface area contributed by atoms with Gasteiger partial charge in [0.25, 0.3) is 0 Å². The fraction of sp³-hybridized carbons (Fsp3) is 0.462. The number of nitrogen functional groups attached to an aromatic ring is 1. The zero-order valence-corrected chi connectivity index (χ0v) is 12.2. The number of rotatable bonds is 4. The molecule has 20 heavy (non-hydrogen) atoms. The summed E-state index contributed by atoms with van der Waals surface area (Å²) in [5.41, 5.74) is 3.31. The lowest BCUT2D eigenvalue weighted by atomic mass is 9.95. The summed E-state index contributed by atoms with van der Waals surface area (Å²) in [6.45, 7) is 8.57. The summed E-state index contributed by atoms with van der Waals surface area (Å²) in [5.74, 6) is 8.33. The third kappa shape index (κ3) is 3.05. The average Bonchev–Trinajstić information content (AvgIpc) is 2.89. The molecule has 0 radical (unpaired) electrons. The van der Waals surface area contributed by atoms with Crippen molar-refractivity contribution in [3.63, 3.8) is 0 Å². The van der Waals surface area contributed by atoms with Crippen LogP contribution in [0.3, 0.4) is 0 Å². The van der Waals surface area contributed by atoms with Gasteiger partial charge in [-0.25, -0.2) is 15.8 Å². The van der Waals surface area contributed by atoms with Crippen molar-refractivity contribution >= 4 is 11.6 Å². The van der Waals surface area contributed by atoms with E-state index in [1.165, 1.54) is 0 Å². The van der Waals surface area contributed by atoms with E-state index in [2.05, 4.69) is 46.6 Å². The predicted octanol–water partition coefficient (Wildman–Crippen LogP) is 1.97. The molecule has 0 bridgehead atoms. The second-order valence-corrected chi connectivity index (χ2v) is 5.60. The highest BCUT2D eigenvalue weighted by molar-refractivity contribution is 5.57. The highest BCUT2D eigenvalue weighted by atomic mass is 16.5. The van der Waals surface area contributed by atoms with Gasteiger partial charge >= 0.3 is 0 Å². The molecule has 4 N–H and O–H groups in total. The largest absolute Gasteiger partial charge is 0.362 e. The molecule has 2 rings (SSSR count). The van der Waals surface area contributed by atoms with Gasteiger partial charge in [0.1, 0.15) is 17.5 Å². The van der Waals surface area contributed by atoms with Crippen LogP contribution in [0.15, 0.2) is 16.8 Å². The second kappa shape index (κ2) is 5.46. The molecule has 7 heteroatoms. The van der Waals surface area contributed by atoms with Crippen LogP contribution in [0, 0.1) is 6.92 Å². The molecule has 2 aromatic heterocycles. The van der Waals surface area contributed by atoms with Crippen molar-refractivity contribution in [2.24, 2.45) is 5.84 Å². The van der Waals surface area contributed by atoms with Gasteiger partial charge in [0, 0.05) is 17.0 Å². The molecular weight excluding hydrogens is 256 g/mol. The molecule has 0 saturated carbocycles. The smallest absolute Gasteiger partial charge is 0.155 e. The summed E-state index contributed by atoms with van der Waals surface area (Å²) < 4.78 is 5.05. The number of hydrogen-bond donors (Lipinski definition) is 3. The normalized spacial score (nSPS) is 11.4. The number of nitrogens with two attached hydrogens (primary N) is 1. The van der Waals surface area contributed by atoms with Crippen LogP contribution >= 0.6 is 0 Å². The SMILES string of the molecule is Cc1c(NN)nc(C(C)(C)C)nc1NCc1ccno1. The Bertz CT molecular complexity index is 573. The Morgan fingerprint density at radius 2 is 1.95 bits per heavy atom. The molecule has 0 atom stereocenters. The van der Waals surface area contributed by atoms with Gasteiger partial charge in [0.2, 0.25) is 0 Å². The van der Waals surface area contributed by atoms with Gasteiger partial charge in [-0.3, -0.25) is 0 Å². The fourth-order valence-corrected chi connectivity index (χ4v) is 1.67. The van der Waals surface area contributed by atoms with E-state index in [9.17, 15) is 0 Å². The molecule has 0 fully saturated rings. The maximum absolute atomic E-state index is 5.53. The summed E-state index contributed by atoms with van der Waals surface area (Å²) in [5, 5.41) is 6.89. The number of nitrogens with one attached hydrogen (secondary N) is 2. The molecule has 0 aliphatic carbocycles. The molecule has 2 aromatic rings. The Labute approximate surface area is 117 Å². The van der Waals surface area contributed by atoms with Crippen LogP contribution in [0.4, 0.5) is 11.6 Å². The third-order valence-electron chi connectivity index (χ3n) is 2.87. The van der Waals surface area contributed by atoms with E-state index in [0.717, 1.165) is 23.0 Å². The van der Waals surface area contributed by atoms with Crippen LogP contribution in [-0.4, -0.2) is 15.1 Å². The number of hydrazine groups is 1. The van der Waals surface area contributed by atoms with Gasteiger partial charge in [0.05, 0.1) is 12.7 Å². The lowest BCUT2D eigenvalue weighted by Crippen LogP contribution is -2.21. The summed E-state index contributed by atoms with van der Waals surface area (Å²) in [6, 6.07) is 1.80. The van der Waals surface area contributed by atoms with Crippen molar-refractivity contribution in [1.29, 1.82) is 0 Å². The Balaban J connectivity index is 2.30. The van der Waals surface area contributed by atoms with E-state index in [4.69, 9.17) is 10.4 Å². The van der Waals surface area contributed by atoms with Crippen LogP contribution in [0.25, 0.3) is 0 Å². The van der Waals surface area contributed by atoms with E-state index < -0.39 is 0 Å². The monoisotopic (exact) mass is 276 g/mol. The molecule has 0 aliphatic rings. The summed E-state index contributed by atoms with van der Waals surface area (Å²) >= 11 is 0. The topological polar surface area (TPSA) is 102 Å². The third-order valence-corrected chi connectivity index (χ3v) is 2.87. The Morgan fingerprint density at radius 1 is 1.25 bits per heavy atom. The average molecular weight is 276 g/mol. The minimum atomic E-state index is -0.165. The van der Waals surface area contributed by atoms with E-state index in [1.54, 1.807) is 12.3 Å². The van der Waals surface area contributed by atoms with Gasteiger partial charge in [-0.15, -0.1) is 0 Å². The quantitative estimate of drug-likeness (QED) is 0.579. The van der Waals surface area contributed by atoms with Crippen molar-refractivity contribution in [3.8, 4) is 0 Å². The minimum absolute atomic E-state index is 0.165. The number of nitrogens with zero attached hydrogens (tertiary/aromatic N) is 3. The maximum Gasteiger partial charge on any atom is 0.155 e.